The molecule has 0 rings (SSSR count). The van der Waals surface area contributed by atoms with Gasteiger partial charge in [-0.15, -0.1) is 0 Å². The first kappa shape index (κ1) is 32.3. The van der Waals surface area contributed by atoms with E-state index in [0.717, 1.165) is 19.3 Å². The molecule has 0 aliphatic carbocycles. The summed E-state index contributed by atoms with van der Waals surface area (Å²) in [5.74, 6) is 0. The van der Waals surface area contributed by atoms with Crippen LogP contribution in [-0.2, 0) is 13.3 Å². The Hall–Kier alpha value is 0.347. The van der Waals surface area contributed by atoms with Crippen LogP contribution in [0.4, 0.5) is 0 Å². The Morgan fingerprint density at radius 3 is 1.44 bits per heavy atom. The predicted molar refractivity (Wildman–Crippen MR) is 142 cm³/mol. The van der Waals surface area contributed by atoms with Crippen molar-refractivity contribution in [1.82, 2.24) is 0 Å². The lowest BCUT2D eigenvalue weighted by atomic mass is 10.0. The lowest BCUT2D eigenvalue weighted by Crippen LogP contribution is -2.44. The van der Waals surface area contributed by atoms with Gasteiger partial charge in [-0.1, -0.05) is 121 Å². The average Bonchev–Trinajstić information content (AvgIpc) is 2.76. The molecule has 6 heteroatoms. The number of halogens is 1. The smallest absolute Gasteiger partial charge is 0.365 e. The standard InChI is InChI=1S/C26H56ClNO3Si/c1-5-6-7-8-9-10-11-12-13-14-15-16-17-18-19-20-22-26(23-21-24-28)31-32(27,29-4)30-25(2)3/h25-26H,5-24,28H2,1-4H3. The van der Waals surface area contributed by atoms with Gasteiger partial charge in [0.1, 0.15) is 0 Å². The van der Waals surface area contributed by atoms with Crippen LogP contribution in [0.15, 0.2) is 0 Å². The van der Waals surface area contributed by atoms with Crippen LogP contribution < -0.4 is 5.73 Å². The molecular formula is C26H56ClNO3Si. The zero-order valence-corrected chi connectivity index (χ0v) is 23.7. The van der Waals surface area contributed by atoms with Crippen LogP contribution in [0.5, 0.6) is 0 Å². The molecule has 0 spiro atoms. The number of rotatable bonds is 25. The fourth-order valence-electron chi connectivity index (χ4n) is 4.13. The first-order chi connectivity index (χ1) is 15.5. The Bertz CT molecular complexity index is 390. The molecule has 0 saturated heterocycles. The Morgan fingerprint density at radius 1 is 0.656 bits per heavy atom. The molecule has 0 aliphatic heterocycles. The van der Waals surface area contributed by atoms with E-state index in [2.05, 4.69) is 6.92 Å². The molecule has 2 unspecified atom stereocenters. The molecule has 0 radical (unpaired) electrons. The number of hydrogen-bond donors (Lipinski definition) is 1. The van der Waals surface area contributed by atoms with Crippen LogP contribution in [0.2, 0.25) is 0 Å². The molecular weight excluding hydrogens is 438 g/mol. The zero-order chi connectivity index (χ0) is 23.9. The predicted octanol–water partition coefficient (Wildman–Crippen LogP) is 8.51. The van der Waals surface area contributed by atoms with Gasteiger partial charge in [0.2, 0.25) is 0 Å². The van der Waals surface area contributed by atoms with Gasteiger partial charge in [-0.2, -0.15) is 0 Å². The first-order valence-electron chi connectivity index (χ1n) is 13.8. The second-order valence-corrected chi connectivity index (χ2v) is 12.8. The molecule has 0 fully saturated rings. The van der Waals surface area contributed by atoms with E-state index in [-0.39, 0.29) is 12.2 Å². The van der Waals surface area contributed by atoms with Crippen LogP contribution in [0.25, 0.3) is 0 Å². The SMILES string of the molecule is CCCCCCCCCCCCCCCCCCC(CCCN)O[Si](Cl)(OC)OC(C)C. The lowest BCUT2D eigenvalue weighted by Gasteiger charge is -2.28. The summed E-state index contributed by atoms with van der Waals surface area (Å²) in [7, 11) is -1.50. The molecule has 2 N–H and O–H groups in total. The van der Waals surface area contributed by atoms with Crippen LogP contribution in [0, 0.1) is 0 Å². The Labute approximate surface area is 206 Å². The summed E-state index contributed by atoms with van der Waals surface area (Å²) < 4.78 is 17.3. The van der Waals surface area contributed by atoms with Crippen molar-refractivity contribution in [1.29, 1.82) is 0 Å². The van der Waals surface area contributed by atoms with Crippen molar-refractivity contribution in [2.24, 2.45) is 5.73 Å². The second-order valence-electron chi connectivity index (χ2n) is 9.61. The van der Waals surface area contributed by atoms with Crippen LogP contribution in [0.1, 0.15) is 143 Å². The third-order valence-corrected chi connectivity index (χ3v) is 8.89. The minimum Gasteiger partial charge on any atom is -0.365 e. The molecule has 0 bridgehead atoms. The maximum atomic E-state index is 6.51. The van der Waals surface area contributed by atoms with Gasteiger partial charge in [0, 0.05) is 13.2 Å². The summed E-state index contributed by atoms with van der Waals surface area (Å²) in [6, 6.07) is 0. The molecule has 0 heterocycles. The Morgan fingerprint density at radius 2 is 1.06 bits per heavy atom. The van der Waals surface area contributed by atoms with Crippen molar-refractivity contribution in [2.45, 2.75) is 155 Å². The van der Waals surface area contributed by atoms with Crippen LogP contribution >= 0.6 is 11.1 Å². The van der Waals surface area contributed by atoms with Crippen molar-refractivity contribution in [3.8, 4) is 0 Å². The molecule has 32 heavy (non-hydrogen) atoms. The average molecular weight is 494 g/mol. The van der Waals surface area contributed by atoms with E-state index in [0.29, 0.717) is 6.54 Å². The van der Waals surface area contributed by atoms with E-state index in [1.165, 1.54) is 103 Å². The fourth-order valence-corrected chi connectivity index (χ4v) is 6.49. The van der Waals surface area contributed by atoms with Crippen LogP contribution in [-0.4, -0.2) is 34.0 Å². The van der Waals surface area contributed by atoms with Crippen molar-refractivity contribution in [3.63, 3.8) is 0 Å². The minimum atomic E-state index is -3.08. The third-order valence-electron chi connectivity index (χ3n) is 6.04. The van der Waals surface area contributed by atoms with Crippen molar-refractivity contribution in [3.05, 3.63) is 0 Å². The first-order valence-corrected chi connectivity index (χ1v) is 16.5. The number of hydrogen-bond acceptors (Lipinski definition) is 4. The summed E-state index contributed by atoms with van der Waals surface area (Å²) in [4.78, 5) is 0. The third kappa shape index (κ3) is 20.9. The van der Waals surface area contributed by atoms with Crippen LogP contribution in [0.3, 0.4) is 0 Å². The molecule has 2 atom stereocenters. The maximum absolute atomic E-state index is 6.51. The lowest BCUT2D eigenvalue weighted by molar-refractivity contribution is 0.0338. The van der Waals surface area contributed by atoms with Gasteiger partial charge in [0.05, 0.1) is 6.10 Å². The van der Waals surface area contributed by atoms with Gasteiger partial charge in [-0.3, -0.25) is 0 Å². The van der Waals surface area contributed by atoms with Crippen molar-refractivity contribution in [2.75, 3.05) is 13.7 Å². The highest BCUT2D eigenvalue weighted by molar-refractivity contribution is 7.09. The molecule has 4 nitrogen and oxygen atoms in total. The Kier molecular flexibility index (Phi) is 23.4. The van der Waals surface area contributed by atoms with E-state index in [9.17, 15) is 0 Å². The highest BCUT2D eigenvalue weighted by Gasteiger charge is 2.42. The molecule has 0 saturated carbocycles. The Balaban J connectivity index is 3.71. The van der Waals surface area contributed by atoms with Crippen molar-refractivity contribution < 1.29 is 13.3 Å². The van der Waals surface area contributed by atoms with Gasteiger partial charge in [-0.25, -0.2) is 0 Å². The fraction of sp³-hybridized carbons (Fsp3) is 1.00. The summed E-state index contributed by atoms with van der Waals surface area (Å²) >= 11 is 6.51. The van der Waals surface area contributed by atoms with Gasteiger partial charge in [0.15, 0.2) is 0 Å². The van der Waals surface area contributed by atoms with E-state index in [1.54, 1.807) is 7.11 Å². The molecule has 0 amide bonds. The minimum absolute atomic E-state index is 0.00942. The van der Waals surface area contributed by atoms with E-state index in [1.807, 2.05) is 13.8 Å². The molecule has 0 aromatic rings. The second kappa shape index (κ2) is 23.1. The molecule has 194 valence electrons. The maximum Gasteiger partial charge on any atom is 0.613 e. The topological polar surface area (TPSA) is 53.7 Å². The summed E-state index contributed by atoms with van der Waals surface area (Å²) in [5.41, 5.74) is 5.70. The van der Waals surface area contributed by atoms with E-state index in [4.69, 9.17) is 30.1 Å². The van der Waals surface area contributed by atoms with Crippen molar-refractivity contribution >= 4 is 19.2 Å². The summed E-state index contributed by atoms with van der Waals surface area (Å²) in [6.07, 6.45) is 25.1. The largest absolute Gasteiger partial charge is 0.613 e. The van der Waals surface area contributed by atoms with Gasteiger partial charge < -0.3 is 19.0 Å². The molecule has 0 aliphatic rings. The number of nitrogens with two attached hydrogens (primary N) is 1. The summed E-state index contributed by atoms with van der Waals surface area (Å²) in [6.45, 7) is 6.87. The highest BCUT2D eigenvalue weighted by atomic mass is 35.6. The normalized spacial score (nSPS) is 14.7. The zero-order valence-electron chi connectivity index (χ0n) is 22.0. The monoisotopic (exact) mass is 493 g/mol. The quantitative estimate of drug-likeness (QED) is 0.0786. The van der Waals surface area contributed by atoms with E-state index >= 15 is 0 Å². The van der Waals surface area contributed by atoms with Gasteiger partial charge in [0.25, 0.3) is 0 Å². The number of unbranched alkanes of at least 4 members (excludes halogenated alkanes) is 15. The van der Waals surface area contributed by atoms with Gasteiger partial charge >= 0.3 is 8.11 Å². The summed E-state index contributed by atoms with van der Waals surface area (Å²) in [5, 5.41) is 0. The van der Waals surface area contributed by atoms with E-state index < -0.39 is 8.11 Å². The molecule has 0 aromatic carbocycles. The van der Waals surface area contributed by atoms with Gasteiger partial charge in [-0.05, 0) is 39.7 Å². The molecule has 0 aromatic heterocycles. The highest BCUT2D eigenvalue weighted by Crippen LogP contribution is 2.23.